The van der Waals surface area contributed by atoms with Crippen molar-refractivity contribution in [2.24, 2.45) is 0 Å². The molecule has 0 saturated carbocycles. The largest absolute Gasteiger partial charge is 0.249 e. The lowest BCUT2D eigenvalue weighted by Crippen LogP contribution is -2.79. The van der Waals surface area contributed by atoms with Gasteiger partial charge in [-0.2, -0.15) is 0 Å². The lowest BCUT2D eigenvalue weighted by atomic mass is 10.2. The van der Waals surface area contributed by atoms with Gasteiger partial charge in [0.05, 0.1) is 0 Å². The van der Waals surface area contributed by atoms with E-state index in [4.69, 9.17) is 0 Å². The van der Waals surface area contributed by atoms with Crippen LogP contribution < -0.4 is 0 Å². The minimum Gasteiger partial charge on any atom is -0.249 e. The van der Waals surface area contributed by atoms with Crippen molar-refractivity contribution in [3.8, 4) is 0 Å². The van der Waals surface area contributed by atoms with Gasteiger partial charge in [0.1, 0.15) is 0 Å². The molecule has 0 radical (unpaired) electrons. The molecule has 0 rings (SSSR count). The summed E-state index contributed by atoms with van der Waals surface area (Å²) in [6.07, 6.45) is 0. The van der Waals surface area contributed by atoms with E-state index in [0.29, 0.717) is 15.1 Å². The lowest BCUT2D eigenvalue weighted by Gasteiger charge is -2.72. The molecule has 0 atom stereocenters. The zero-order valence-electron chi connectivity index (χ0n) is 18.5. The topological polar surface area (TPSA) is 0 Å². The summed E-state index contributed by atoms with van der Waals surface area (Å²) in [5.41, 5.74) is 0. The maximum Gasteiger partial charge on any atom is -0.0653 e. The van der Waals surface area contributed by atoms with Crippen LogP contribution in [-0.2, 0) is 0 Å². The van der Waals surface area contributed by atoms with Crippen LogP contribution in [0.3, 0.4) is 0 Å². The van der Waals surface area contributed by atoms with Crippen LogP contribution in [0.1, 0.15) is 62.3 Å². The Bertz CT molecular complexity index is 325. The van der Waals surface area contributed by atoms with Gasteiger partial charge >= 0.3 is 0 Å². The second kappa shape index (κ2) is 5.99. The fraction of sp³-hybridized carbons (Fsp3) is 1.00. The highest BCUT2D eigenvalue weighted by Gasteiger charge is 2.50. The van der Waals surface area contributed by atoms with E-state index >= 15 is 0 Å². The molecule has 0 aromatic heterocycles. The van der Waals surface area contributed by atoms with Gasteiger partial charge < -0.3 is 0 Å². The van der Waals surface area contributed by atoms with E-state index in [0.717, 1.165) is 0 Å². The molecule has 0 aliphatic rings. The van der Waals surface area contributed by atoms with Gasteiger partial charge in [-0.05, 0) is 0 Å². The lowest BCUT2D eigenvalue weighted by molar-refractivity contribution is 0.721. The SMILES string of the molecule is CC(C)(C)[Si](C)(C)[Si-]([Si](C)(C)C(C)(C)C)[Si](C)(C)C(C)(C)C. The highest BCUT2D eigenvalue weighted by Crippen LogP contribution is 2.52. The molecular formula is C18H45Si4-. The molecule has 0 aromatic rings. The summed E-state index contributed by atoms with van der Waals surface area (Å²) >= 11 is 0. The van der Waals surface area contributed by atoms with E-state index in [1.54, 1.807) is 0 Å². The maximum absolute atomic E-state index is 2.75. The van der Waals surface area contributed by atoms with Gasteiger partial charge in [-0.25, -0.2) is 7.35 Å². The average molecular weight is 374 g/mol. The first-order valence-corrected chi connectivity index (χ1v) is 22.5. The van der Waals surface area contributed by atoms with Gasteiger partial charge in [0.15, 0.2) is 0 Å². The molecule has 0 unspecified atom stereocenters. The highest BCUT2D eigenvalue weighted by atomic mass is 29.9. The van der Waals surface area contributed by atoms with E-state index < -0.39 is 22.8 Å². The molecule has 0 heterocycles. The Labute approximate surface area is 146 Å². The second-order valence-electron chi connectivity index (χ2n) is 12.0. The van der Waals surface area contributed by atoms with E-state index in [2.05, 4.69) is 102 Å². The monoisotopic (exact) mass is 373 g/mol. The van der Waals surface area contributed by atoms with Crippen LogP contribution in [0.25, 0.3) is 0 Å². The third kappa shape index (κ3) is 3.92. The van der Waals surface area contributed by atoms with Gasteiger partial charge in [0.25, 0.3) is 0 Å². The van der Waals surface area contributed by atoms with Crippen molar-refractivity contribution in [2.45, 2.75) is 117 Å². The van der Waals surface area contributed by atoms with Crippen LogP contribution in [0.5, 0.6) is 0 Å². The maximum atomic E-state index is 2.75. The summed E-state index contributed by atoms with van der Waals surface area (Å²) < 4.78 is 0. The molecule has 4 heteroatoms. The van der Waals surface area contributed by atoms with Gasteiger partial charge in [0.2, 0.25) is 0 Å². The molecule has 134 valence electrons. The second-order valence-corrected chi connectivity index (χ2v) is 47.2. The van der Waals surface area contributed by atoms with Crippen LogP contribution >= 0.6 is 0 Å². The first-order chi connectivity index (χ1) is 9.12. The van der Waals surface area contributed by atoms with Crippen molar-refractivity contribution in [1.82, 2.24) is 0 Å². The molecule has 0 spiro atoms. The van der Waals surface area contributed by atoms with E-state index in [9.17, 15) is 0 Å². The normalized spacial score (nSPS) is 16.4. The Hall–Kier alpha value is 0.868. The third-order valence-electron chi connectivity index (χ3n) is 7.50. The quantitative estimate of drug-likeness (QED) is 0.457. The Kier molecular flexibility index (Phi) is 6.23. The molecule has 0 fully saturated rings. The Balaban J connectivity index is 6.53. The van der Waals surface area contributed by atoms with E-state index in [1.807, 2.05) is 0 Å². The molecule has 0 aliphatic carbocycles. The molecule has 0 aromatic carbocycles. The summed E-state index contributed by atoms with van der Waals surface area (Å²) in [6.45, 7) is 39.4. The summed E-state index contributed by atoms with van der Waals surface area (Å²) in [5.74, 6) is 0. The van der Waals surface area contributed by atoms with Gasteiger partial charge in [-0.15, -0.1) is 0 Å². The van der Waals surface area contributed by atoms with Crippen molar-refractivity contribution >= 4 is 30.1 Å². The predicted octanol–water partition coefficient (Wildman–Crippen LogP) is 7.24. The summed E-state index contributed by atoms with van der Waals surface area (Å²) in [4.78, 5) is 0. The Morgan fingerprint density at radius 3 is 0.636 bits per heavy atom. The first kappa shape index (κ1) is 22.9. The van der Waals surface area contributed by atoms with Crippen molar-refractivity contribution in [1.29, 1.82) is 0 Å². The van der Waals surface area contributed by atoms with Crippen LogP contribution in [0, 0.1) is 0 Å². The highest BCUT2D eigenvalue weighted by molar-refractivity contribution is 7.82. The van der Waals surface area contributed by atoms with Crippen molar-refractivity contribution in [3.05, 3.63) is 0 Å². The first-order valence-electron chi connectivity index (χ1n) is 9.00. The number of hydrogen-bond acceptors (Lipinski definition) is 0. The minimum absolute atomic E-state index is 0.329. The predicted molar refractivity (Wildman–Crippen MR) is 117 cm³/mol. The van der Waals surface area contributed by atoms with E-state index in [1.165, 1.54) is 0 Å². The molecular weight excluding hydrogens is 329 g/mol. The zero-order chi connectivity index (χ0) is 18.6. The molecule has 0 saturated heterocycles. The van der Waals surface area contributed by atoms with Gasteiger partial charge in [-0.3, -0.25) is 0 Å². The molecule has 22 heavy (non-hydrogen) atoms. The average Bonchev–Trinajstić information content (AvgIpc) is 2.09. The molecule has 0 aliphatic heterocycles. The molecule has 0 N–H and O–H groups in total. The number of hydrogen-bond donors (Lipinski definition) is 0. The van der Waals surface area contributed by atoms with Crippen molar-refractivity contribution < 1.29 is 0 Å². The fourth-order valence-electron chi connectivity index (χ4n) is 3.47. The van der Waals surface area contributed by atoms with Crippen LogP contribution in [-0.4, -0.2) is 30.1 Å². The van der Waals surface area contributed by atoms with Gasteiger partial charge in [-0.1, -0.05) is 139 Å². The van der Waals surface area contributed by atoms with Crippen molar-refractivity contribution in [2.75, 3.05) is 0 Å². The fourth-order valence-corrected chi connectivity index (χ4v) is 93.7. The van der Waals surface area contributed by atoms with E-state index in [-0.39, 0.29) is 7.35 Å². The Morgan fingerprint density at radius 1 is 0.409 bits per heavy atom. The van der Waals surface area contributed by atoms with Crippen LogP contribution in [0.4, 0.5) is 0 Å². The third-order valence-corrected chi connectivity index (χ3v) is 74.2. The van der Waals surface area contributed by atoms with Crippen LogP contribution in [0.15, 0.2) is 0 Å². The summed E-state index contributed by atoms with van der Waals surface area (Å²) in [6, 6.07) is 0. The van der Waals surface area contributed by atoms with Crippen molar-refractivity contribution in [3.63, 3.8) is 0 Å². The molecule has 0 nitrogen and oxygen atoms in total. The zero-order valence-corrected chi connectivity index (χ0v) is 22.5. The molecule has 0 bridgehead atoms. The minimum atomic E-state index is -1.30. The number of rotatable bonds is 3. The van der Waals surface area contributed by atoms with Crippen LogP contribution in [0.2, 0.25) is 54.4 Å². The standard InChI is InChI=1S/C18H45Si4/c1-16(2,3)20(10,11)19(21(12,13)17(4,5)6)22(14,15)18(7,8)9/h1-15H3/q-1. The molecule has 0 amide bonds. The smallest absolute Gasteiger partial charge is 0.0653 e. The Morgan fingerprint density at radius 2 is 0.545 bits per heavy atom. The van der Waals surface area contributed by atoms with Gasteiger partial charge in [0, 0.05) is 0 Å². The summed E-state index contributed by atoms with van der Waals surface area (Å²) in [5, 5.41) is 1.56. The summed E-state index contributed by atoms with van der Waals surface area (Å²) in [7, 11) is -4.23.